The molecular weight excluding hydrogens is 226 g/mol. The van der Waals surface area contributed by atoms with E-state index in [9.17, 15) is 9.90 Å². The molecule has 1 N–H and O–H groups in total. The van der Waals surface area contributed by atoms with Crippen molar-refractivity contribution in [3.05, 3.63) is 35.4 Å². The van der Waals surface area contributed by atoms with Crippen molar-refractivity contribution in [2.75, 3.05) is 7.05 Å². The molecule has 1 aromatic carbocycles. The topological polar surface area (TPSA) is 40.5 Å². The van der Waals surface area contributed by atoms with Crippen LogP contribution in [0.4, 0.5) is 0 Å². The van der Waals surface area contributed by atoms with Gasteiger partial charge in [0.1, 0.15) is 6.04 Å². The fourth-order valence-corrected chi connectivity index (χ4v) is 2.40. The molecule has 0 aliphatic carbocycles. The Kier molecular flexibility index (Phi) is 5.35. The lowest BCUT2D eigenvalue weighted by atomic mass is 9.99. The van der Waals surface area contributed by atoms with Crippen molar-refractivity contribution in [2.45, 2.75) is 45.7 Å². The van der Waals surface area contributed by atoms with Crippen molar-refractivity contribution in [3.63, 3.8) is 0 Å². The summed E-state index contributed by atoms with van der Waals surface area (Å²) >= 11 is 0. The summed E-state index contributed by atoms with van der Waals surface area (Å²) in [6, 6.07) is 8.08. The lowest BCUT2D eigenvalue weighted by Crippen LogP contribution is -2.40. The number of likely N-dealkylation sites (N-methyl/N-ethyl adjacent to an activating group) is 1. The quantitative estimate of drug-likeness (QED) is 0.841. The predicted molar refractivity (Wildman–Crippen MR) is 73.7 cm³/mol. The van der Waals surface area contributed by atoms with Crippen LogP contribution in [0, 0.1) is 6.92 Å². The summed E-state index contributed by atoms with van der Waals surface area (Å²) in [5.41, 5.74) is 2.41. The second-order valence-corrected chi connectivity index (χ2v) is 4.76. The fraction of sp³-hybridized carbons (Fsp3) is 0.533. The maximum Gasteiger partial charge on any atom is 0.320 e. The Hall–Kier alpha value is -1.35. The van der Waals surface area contributed by atoms with E-state index in [1.807, 2.05) is 18.9 Å². The Balaban J connectivity index is 2.95. The fourth-order valence-electron chi connectivity index (χ4n) is 2.40. The maximum atomic E-state index is 11.2. The Morgan fingerprint density at radius 2 is 1.78 bits per heavy atom. The van der Waals surface area contributed by atoms with Gasteiger partial charge in [0, 0.05) is 6.04 Å². The summed E-state index contributed by atoms with van der Waals surface area (Å²) in [6.45, 7) is 6.06. The molecule has 0 aliphatic rings. The molecule has 3 heteroatoms. The molecule has 1 aromatic rings. The van der Waals surface area contributed by atoms with Crippen molar-refractivity contribution >= 4 is 5.97 Å². The third-order valence-electron chi connectivity index (χ3n) is 3.50. The molecule has 2 unspecified atom stereocenters. The van der Waals surface area contributed by atoms with Gasteiger partial charge in [-0.15, -0.1) is 0 Å². The Morgan fingerprint density at radius 1 is 1.22 bits per heavy atom. The smallest absolute Gasteiger partial charge is 0.320 e. The van der Waals surface area contributed by atoms with Crippen LogP contribution in [0.3, 0.4) is 0 Å². The Bertz CT molecular complexity index is 386. The molecule has 0 radical (unpaired) electrons. The largest absolute Gasteiger partial charge is 0.480 e. The zero-order valence-corrected chi connectivity index (χ0v) is 11.7. The minimum absolute atomic E-state index is 0.159. The minimum Gasteiger partial charge on any atom is -0.480 e. The molecule has 0 saturated heterocycles. The molecule has 0 amide bonds. The number of aliphatic carboxylic acids is 1. The number of carboxylic acids is 1. The van der Waals surface area contributed by atoms with Crippen LogP contribution in [0.25, 0.3) is 0 Å². The van der Waals surface area contributed by atoms with Gasteiger partial charge in [-0.2, -0.15) is 0 Å². The summed E-state index contributed by atoms with van der Waals surface area (Å²) in [5.74, 6) is -0.745. The van der Waals surface area contributed by atoms with E-state index < -0.39 is 12.0 Å². The van der Waals surface area contributed by atoms with Gasteiger partial charge in [0.25, 0.3) is 0 Å². The van der Waals surface area contributed by atoms with Gasteiger partial charge in [0.2, 0.25) is 0 Å². The highest BCUT2D eigenvalue weighted by molar-refractivity contribution is 5.73. The standard InChI is InChI=1S/C15H23NO2/c1-5-13(12-9-7-11(3)8-10-12)16(4)14(6-2)15(17)18/h7-10,13-14H,5-6H2,1-4H3,(H,17,18). The van der Waals surface area contributed by atoms with Crippen molar-refractivity contribution in [1.82, 2.24) is 4.90 Å². The van der Waals surface area contributed by atoms with Crippen LogP contribution in [0.1, 0.15) is 43.9 Å². The van der Waals surface area contributed by atoms with E-state index in [2.05, 4.69) is 38.1 Å². The minimum atomic E-state index is -0.745. The zero-order valence-electron chi connectivity index (χ0n) is 11.7. The molecular formula is C15H23NO2. The van der Waals surface area contributed by atoms with Crippen LogP contribution in [-0.2, 0) is 4.79 Å². The summed E-state index contributed by atoms with van der Waals surface area (Å²) in [6.07, 6.45) is 1.53. The highest BCUT2D eigenvalue weighted by Gasteiger charge is 2.26. The van der Waals surface area contributed by atoms with Gasteiger partial charge in [0.15, 0.2) is 0 Å². The molecule has 100 valence electrons. The SMILES string of the molecule is CCC(C(=O)O)N(C)C(CC)c1ccc(C)cc1. The van der Waals surface area contributed by atoms with Crippen LogP contribution in [0.15, 0.2) is 24.3 Å². The maximum absolute atomic E-state index is 11.2. The Labute approximate surface area is 109 Å². The van der Waals surface area contributed by atoms with Crippen molar-refractivity contribution < 1.29 is 9.90 Å². The van der Waals surface area contributed by atoms with Gasteiger partial charge >= 0.3 is 5.97 Å². The highest BCUT2D eigenvalue weighted by Crippen LogP contribution is 2.26. The van der Waals surface area contributed by atoms with E-state index in [4.69, 9.17) is 0 Å². The molecule has 3 nitrogen and oxygen atoms in total. The van der Waals surface area contributed by atoms with Crippen molar-refractivity contribution in [1.29, 1.82) is 0 Å². The number of hydrogen-bond acceptors (Lipinski definition) is 2. The third kappa shape index (κ3) is 3.33. The van der Waals surface area contributed by atoms with E-state index in [0.717, 1.165) is 6.42 Å². The third-order valence-corrected chi connectivity index (χ3v) is 3.50. The highest BCUT2D eigenvalue weighted by atomic mass is 16.4. The summed E-state index contributed by atoms with van der Waals surface area (Å²) in [5, 5.41) is 9.24. The van der Waals surface area contributed by atoms with Crippen LogP contribution < -0.4 is 0 Å². The van der Waals surface area contributed by atoms with Gasteiger partial charge in [-0.3, -0.25) is 9.69 Å². The van der Waals surface area contributed by atoms with Gasteiger partial charge in [-0.25, -0.2) is 0 Å². The first-order valence-electron chi connectivity index (χ1n) is 6.52. The molecule has 0 bridgehead atoms. The number of carboxylic acid groups (broad SMARTS) is 1. The van der Waals surface area contributed by atoms with Crippen LogP contribution in [-0.4, -0.2) is 29.1 Å². The molecule has 0 spiro atoms. The second-order valence-electron chi connectivity index (χ2n) is 4.76. The molecule has 18 heavy (non-hydrogen) atoms. The van der Waals surface area contributed by atoms with E-state index in [1.165, 1.54) is 11.1 Å². The number of hydrogen-bond donors (Lipinski definition) is 1. The Morgan fingerprint density at radius 3 is 2.17 bits per heavy atom. The van der Waals surface area contributed by atoms with E-state index in [0.29, 0.717) is 6.42 Å². The van der Waals surface area contributed by atoms with E-state index in [1.54, 1.807) is 0 Å². The van der Waals surface area contributed by atoms with Gasteiger partial charge in [-0.1, -0.05) is 43.7 Å². The average Bonchev–Trinajstić information content (AvgIpc) is 2.33. The number of rotatable bonds is 6. The van der Waals surface area contributed by atoms with Crippen molar-refractivity contribution in [3.8, 4) is 0 Å². The van der Waals surface area contributed by atoms with Gasteiger partial charge in [0.05, 0.1) is 0 Å². The lowest BCUT2D eigenvalue weighted by Gasteiger charge is -2.32. The molecule has 0 aliphatic heterocycles. The van der Waals surface area contributed by atoms with Gasteiger partial charge < -0.3 is 5.11 Å². The lowest BCUT2D eigenvalue weighted by molar-refractivity contribution is -0.143. The average molecular weight is 249 g/mol. The first kappa shape index (κ1) is 14.7. The number of aryl methyl sites for hydroxylation is 1. The molecule has 2 atom stereocenters. The summed E-state index contributed by atoms with van der Waals surface area (Å²) in [4.78, 5) is 13.2. The first-order chi connectivity index (χ1) is 8.51. The van der Waals surface area contributed by atoms with E-state index in [-0.39, 0.29) is 6.04 Å². The van der Waals surface area contributed by atoms with Crippen LogP contribution >= 0.6 is 0 Å². The normalized spacial score (nSPS) is 14.5. The zero-order chi connectivity index (χ0) is 13.7. The predicted octanol–water partition coefficient (Wildman–Crippen LogP) is 3.24. The van der Waals surface area contributed by atoms with Crippen LogP contribution in [0.5, 0.6) is 0 Å². The molecule has 0 saturated carbocycles. The number of nitrogens with zero attached hydrogens (tertiary/aromatic N) is 1. The monoisotopic (exact) mass is 249 g/mol. The number of benzene rings is 1. The van der Waals surface area contributed by atoms with Gasteiger partial charge in [-0.05, 0) is 32.4 Å². The molecule has 0 heterocycles. The first-order valence-corrected chi connectivity index (χ1v) is 6.52. The summed E-state index contributed by atoms with van der Waals surface area (Å²) < 4.78 is 0. The van der Waals surface area contributed by atoms with E-state index >= 15 is 0 Å². The molecule has 0 fully saturated rings. The molecule has 1 rings (SSSR count). The summed E-state index contributed by atoms with van der Waals surface area (Å²) in [7, 11) is 1.90. The van der Waals surface area contributed by atoms with Crippen molar-refractivity contribution in [2.24, 2.45) is 0 Å². The van der Waals surface area contributed by atoms with Crippen LogP contribution in [0.2, 0.25) is 0 Å². The molecule has 0 aromatic heterocycles. The second kappa shape index (κ2) is 6.55. The number of carbonyl (C=O) groups is 1.